The van der Waals surface area contributed by atoms with Crippen LogP contribution in [0.1, 0.15) is 33.1 Å². The molecule has 1 aromatic carbocycles. The molecule has 1 amide bonds. The molecule has 0 radical (unpaired) electrons. The second-order valence-corrected chi connectivity index (χ2v) is 9.87. The van der Waals surface area contributed by atoms with Crippen LogP contribution in [0.3, 0.4) is 0 Å². The molecule has 3 rings (SSSR count). The molecule has 6 nitrogen and oxygen atoms in total. The average Bonchev–Trinajstić information content (AvgIpc) is 3.06. The third-order valence-corrected chi connectivity index (χ3v) is 7.66. The molecule has 2 saturated heterocycles. The molecule has 0 spiro atoms. The monoisotopic (exact) mass is 396 g/mol. The van der Waals surface area contributed by atoms with Crippen LogP contribution in [0.4, 0.5) is 5.69 Å². The largest absolute Gasteiger partial charge is 0.494 e. The summed E-state index contributed by atoms with van der Waals surface area (Å²) in [5.41, 5.74) is 0.818. The summed E-state index contributed by atoms with van der Waals surface area (Å²) < 4.78 is 29.9. The van der Waals surface area contributed by atoms with Gasteiger partial charge in [0.1, 0.15) is 5.75 Å². The molecule has 8 heteroatoms. The molecule has 0 unspecified atom stereocenters. The predicted octanol–water partition coefficient (Wildman–Crippen LogP) is 2.88. The van der Waals surface area contributed by atoms with Gasteiger partial charge in [-0.05, 0) is 18.6 Å². The molecule has 2 aliphatic heterocycles. The van der Waals surface area contributed by atoms with E-state index in [2.05, 4.69) is 11.9 Å². The number of unbranched alkanes of at least 4 members (excludes halogenated alkanes) is 1. The van der Waals surface area contributed by atoms with Gasteiger partial charge in [0.2, 0.25) is 5.91 Å². The fourth-order valence-corrected chi connectivity index (χ4v) is 7.04. The summed E-state index contributed by atoms with van der Waals surface area (Å²) in [4.78, 5) is 18.0. The van der Waals surface area contributed by atoms with Crippen molar-refractivity contribution in [3.05, 3.63) is 24.3 Å². The molecule has 0 N–H and O–H groups in total. The van der Waals surface area contributed by atoms with Crippen LogP contribution in [-0.4, -0.2) is 48.9 Å². The van der Waals surface area contributed by atoms with Gasteiger partial charge in [-0.1, -0.05) is 38.1 Å². The number of rotatable bonds is 6. The number of amides is 1. The fourth-order valence-electron chi connectivity index (χ4n) is 3.11. The molecule has 0 aliphatic carbocycles. The maximum Gasteiger partial charge on any atom is 0.247 e. The molecular weight excluding hydrogens is 372 g/mol. The number of carbonyl (C=O) groups is 1. The summed E-state index contributed by atoms with van der Waals surface area (Å²) in [5.74, 6) is 0.762. The van der Waals surface area contributed by atoms with Gasteiger partial charge < -0.3 is 9.64 Å². The van der Waals surface area contributed by atoms with Crippen molar-refractivity contribution in [3.63, 3.8) is 0 Å². The number of anilines is 1. The predicted molar refractivity (Wildman–Crippen MR) is 106 cm³/mol. The Balaban J connectivity index is 1.91. The number of carbonyl (C=O) groups excluding carboxylic acids is 1. The molecule has 142 valence electrons. The van der Waals surface area contributed by atoms with Crippen molar-refractivity contribution in [2.24, 2.45) is 4.99 Å². The topological polar surface area (TPSA) is 76.0 Å². The highest BCUT2D eigenvalue weighted by molar-refractivity contribution is 8.16. The van der Waals surface area contributed by atoms with E-state index in [1.54, 1.807) is 6.92 Å². The van der Waals surface area contributed by atoms with Gasteiger partial charge >= 0.3 is 0 Å². The lowest BCUT2D eigenvalue weighted by Crippen LogP contribution is -2.37. The van der Waals surface area contributed by atoms with Gasteiger partial charge in [-0.2, -0.15) is 4.99 Å². The first-order valence-corrected chi connectivity index (χ1v) is 11.6. The third-order valence-electron chi connectivity index (χ3n) is 4.45. The van der Waals surface area contributed by atoms with E-state index in [-0.39, 0.29) is 28.7 Å². The number of hydrogen-bond acceptors (Lipinski definition) is 5. The fraction of sp³-hybridized carbons (Fsp3) is 0.556. The minimum atomic E-state index is -3.07. The zero-order chi connectivity index (χ0) is 18.7. The number of hydrogen-bond donors (Lipinski definition) is 0. The highest BCUT2D eigenvalue weighted by atomic mass is 32.2. The molecule has 1 aromatic rings. The summed E-state index contributed by atoms with van der Waals surface area (Å²) in [6.07, 6.45) is 2.36. The van der Waals surface area contributed by atoms with E-state index in [0.29, 0.717) is 18.2 Å². The Labute approximate surface area is 158 Å². The van der Waals surface area contributed by atoms with Crippen LogP contribution in [0.25, 0.3) is 0 Å². The van der Waals surface area contributed by atoms with Gasteiger partial charge in [0.15, 0.2) is 15.0 Å². The lowest BCUT2D eigenvalue weighted by atomic mass is 10.2. The lowest BCUT2D eigenvalue weighted by Gasteiger charge is -2.25. The number of benzene rings is 1. The third kappa shape index (κ3) is 4.23. The second kappa shape index (κ2) is 8.00. The molecule has 2 aliphatic rings. The van der Waals surface area contributed by atoms with Gasteiger partial charge in [-0.3, -0.25) is 4.79 Å². The zero-order valence-corrected chi connectivity index (χ0v) is 16.7. The van der Waals surface area contributed by atoms with Crippen LogP contribution < -0.4 is 9.64 Å². The highest BCUT2D eigenvalue weighted by Crippen LogP contribution is 2.41. The van der Waals surface area contributed by atoms with E-state index in [1.807, 2.05) is 29.2 Å². The van der Waals surface area contributed by atoms with E-state index < -0.39 is 9.84 Å². The number of ether oxygens (including phenoxy) is 1. The highest BCUT2D eigenvalue weighted by Gasteiger charge is 2.49. The minimum absolute atomic E-state index is 0.0882. The molecule has 0 saturated carbocycles. The van der Waals surface area contributed by atoms with Crippen LogP contribution in [0.5, 0.6) is 5.75 Å². The van der Waals surface area contributed by atoms with Crippen molar-refractivity contribution in [1.29, 1.82) is 0 Å². The van der Waals surface area contributed by atoms with Crippen molar-refractivity contribution in [2.75, 3.05) is 23.0 Å². The van der Waals surface area contributed by atoms with Crippen LogP contribution in [0.15, 0.2) is 29.3 Å². The minimum Gasteiger partial charge on any atom is -0.494 e. The van der Waals surface area contributed by atoms with Crippen LogP contribution in [0, 0.1) is 0 Å². The van der Waals surface area contributed by atoms with E-state index in [1.165, 1.54) is 11.8 Å². The summed E-state index contributed by atoms with van der Waals surface area (Å²) in [7, 11) is -3.07. The van der Waals surface area contributed by atoms with Crippen LogP contribution in [0.2, 0.25) is 0 Å². The number of amidine groups is 1. The van der Waals surface area contributed by atoms with Crippen molar-refractivity contribution in [2.45, 2.75) is 44.4 Å². The number of thioether (sulfide) groups is 1. The van der Waals surface area contributed by atoms with Gasteiger partial charge in [0, 0.05) is 23.4 Å². The van der Waals surface area contributed by atoms with E-state index in [9.17, 15) is 13.2 Å². The Morgan fingerprint density at radius 1 is 1.35 bits per heavy atom. The second-order valence-electron chi connectivity index (χ2n) is 6.51. The number of fused-ring (bicyclic) bond motifs is 1. The van der Waals surface area contributed by atoms with E-state index >= 15 is 0 Å². The normalized spacial score (nSPS) is 25.5. The van der Waals surface area contributed by atoms with E-state index in [0.717, 1.165) is 24.3 Å². The average molecular weight is 397 g/mol. The standard InChI is InChI=1S/C18H24N2O4S2/c1-3-5-9-24-14-8-6-7-13(10-14)20-15-11-26(22,23)12-16(15)25-18(20)19-17(21)4-2/h6-8,10,15-16H,3-5,9,11-12H2,1-2H3/t15-,16-/m1/s1. The quantitative estimate of drug-likeness (QED) is 0.688. The van der Waals surface area contributed by atoms with Gasteiger partial charge in [0.25, 0.3) is 0 Å². The molecule has 0 aromatic heterocycles. The number of sulfone groups is 1. The summed E-state index contributed by atoms with van der Waals surface area (Å²) in [6.45, 7) is 4.52. The Bertz CT molecular complexity index is 807. The molecule has 0 bridgehead atoms. The van der Waals surface area contributed by atoms with Gasteiger partial charge in [-0.15, -0.1) is 0 Å². The Morgan fingerprint density at radius 3 is 2.88 bits per heavy atom. The lowest BCUT2D eigenvalue weighted by molar-refractivity contribution is -0.117. The van der Waals surface area contributed by atoms with Crippen molar-refractivity contribution >= 4 is 38.4 Å². The first kappa shape index (κ1) is 19.2. The SMILES string of the molecule is CCCCOc1cccc(N2C(=NC(=O)CC)S[C@@H]3CS(=O)(=O)C[C@H]32)c1. The van der Waals surface area contributed by atoms with Crippen molar-refractivity contribution in [3.8, 4) is 5.75 Å². The first-order valence-electron chi connectivity index (χ1n) is 8.94. The Kier molecular flexibility index (Phi) is 5.92. The Hall–Kier alpha value is -1.54. The van der Waals surface area contributed by atoms with Gasteiger partial charge in [0.05, 0.1) is 24.2 Å². The van der Waals surface area contributed by atoms with Crippen molar-refractivity contribution < 1.29 is 17.9 Å². The molecular formula is C18H24N2O4S2. The molecule has 2 fully saturated rings. The molecule has 2 heterocycles. The first-order chi connectivity index (χ1) is 12.4. The summed E-state index contributed by atoms with van der Waals surface area (Å²) in [5, 5.41) is 0.500. The summed E-state index contributed by atoms with van der Waals surface area (Å²) in [6, 6.07) is 7.39. The maximum absolute atomic E-state index is 12.1. The summed E-state index contributed by atoms with van der Waals surface area (Å²) >= 11 is 1.39. The smallest absolute Gasteiger partial charge is 0.247 e. The Morgan fingerprint density at radius 2 is 2.15 bits per heavy atom. The molecule has 2 atom stereocenters. The van der Waals surface area contributed by atoms with Crippen LogP contribution in [-0.2, 0) is 14.6 Å². The maximum atomic E-state index is 12.1. The molecule has 26 heavy (non-hydrogen) atoms. The van der Waals surface area contributed by atoms with Gasteiger partial charge in [-0.25, -0.2) is 8.42 Å². The number of nitrogens with zero attached hydrogens (tertiary/aromatic N) is 2. The number of aliphatic imine (C=N–C) groups is 1. The van der Waals surface area contributed by atoms with Crippen LogP contribution >= 0.6 is 11.8 Å². The zero-order valence-electron chi connectivity index (χ0n) is 15.1. The van der Waals surface area contributed by atoms with E-state index in [4.69, 9.17) is 4.74 Å². The van der Waals surface area contributed by atoms with Crippen molar-refractivity contribution in [1.82, 2.24) is 0 Å².